The van der Waals surface area contributed by atoms with Crippen molar-refractivity contribution < 1.29 is 19.1 Å². The number of aliphatic hydroxyl groups is 1. The van der Waals surface area contributed by atoms with Crippen molar-refractivity contribution in [2.75, 3.05) is 6.54 Å². The zero-order valence-corrected chi connectivity index (χ0v) is 13.6. The molecule has 0 radical (unpaired) electrons. The average Bonchev–Trinajstić information content (AvgIpc) is 2.58. The molecule has 0 aliphatic rings. The van der Waals surface area contributed by atoms with Crippen LogP contribution in [-0.2, 0) is 4.79 Å². The molecule has 2 rings (SSSR count). The van der Waals surface area contributed by atoms with Crippen molar-refractivity contribution in [1.29, 1.82) is 0 Å². The van der Waals surface area contributed by atoms with E-state index < -0.39 is 11.9 Å². The van der Waals surface area contributed by atoms with Gasteiger partial charge in [-0.3, -0.25) is 9.59 Å². The second-order valence-corrected chi connectivity index (χ2v) is 5.68. The van der Waals surface area contributed by atoms with E-state index >= 15 is 0 Å². The molecule has 0 saturated heterocycles. The van der Waals surface area contributed by atoms with E-state index in [4.69, 9.17) is 11.6 Å². The van der Waals surface area contributed by atoms with Crippen molar-refractivity contribution in [3.8, 4) is 0 Å². The van der Waals surface area contributed by atoms with Crippen LogP contribution in [0.25, 0.3) is 0 Å². The molecule has 1 atom stereocenters. The summed E-state index contributed by atoms with van der Waals surface area (Å²) in [4.78, 5) is 23.7. The lowest BCUT2D eigenvalue weighted by Gasteiger charge is -2.13. The van der Waals surface area contributed by atoms with Gasteiger partial charge in [0.2, 0.25) is 5.91 Å². The van der Waals surface area contributed by atoms with Crippen molar-refractivity contribution in [3.05, 3.63) is 70.5 Å². The summed E-state index contributed by atoms with van der Waals surface area (Å²) in [5, 5.41) is 13.0. The summed E-state index contributed by atoms with van der Waals surface area (Å²) in [5.41, 5.74) is 0.891. The standard InChI is InChI=1S/C18H17ClFNO3/c19-15-4-2-1-3-14(15)17(23)11-21-18(24)10-9-16(22)12-5-7-13(20)8-6-12/h1-8,17,23H,9-11H2,(H,21,24). The highest BCUT2D eigenvalue weighted by Crippen LogP contribution is 2.21. The van der Waals surface area contributed by atoms with E-state index in [0.29, 0.717) is 16.1 Å². The first-order valence-electron chi connectivity index (χ1n) is 7.45. The number of hydrogen-bond acceptors (Lipinski definition) is 3. The number of hydrogen-bond donors (Lipinski definition) is 2. The minimum absolute atomic E-state index is 0.00725. The van der Waals surface area contributed by atoms with Gasteiger partial charge in [-0.15, -0.1) is 0 Å². The highest BCUT2D eigenvalue weighted by molar-refractivity contribution is 6.31. The number of carbonyl (C=O) groups excluding carboxylic acids is 2. The summed E-state index contributed by atoms with van der Waals surface area (Å²) in [5.74, 6) is -1.01. The molecule has 0 heterocycles. The Kier molecular flexibility index (Phi) is 6.46. The lowest BCUT2D eigenvalue weighted by molar-refractivity contribution is -0.121. The van der Waals surface area contributed by atoms with Crippen molar-refractivity contribution in [2.24, 2.45) is 0 Å². The van der Waals surface area contributed by atoms with Gasteiger partial charge in [0.1, 0.15) is 5.82 Å². The smallest absolute Gasteiger partial charge is 0.220 e. The highest BCUT2D eigenvalue weighted by Gasteiger charge is 2.13. The number of rotatable bonds is 7. The van der Waals surface area contributed by atoms with Crippen LogP contribution in [0, 0.1) is 5.82 Å². The summed E-state index contributed by atoms with van der Waals surface area (Å²) < 4.78 is 12.8. The fraction of sp³-hybridized carbons (Fsp3) is 0.222. The first-order valence-corrected chi connectivity index (χ1v) is 7.83. The third-order valence-electron chi connectivity index (χ3n) is 3.50. The molecule has 0 spiro atoms. The Balaban J connectivity index is 1.78. The Morgan fingerprint density at radius 1 is 1.08 bits per heavy atom. The topological polar surface area (TPSA) is 66.4 Å². The molecule has 4 nitrogen and oxygen atoms in total. The number of aliphatic hydroxyl groups excluding tert-OH is 1. The van der Waals surface area contributed by atoms with Gasteiger partial charge in [-0.1, -0.05) is 29.8 Å². The minimum Gasteiger partial charge on any atom is -0.387 e. The van der Waals surface area contributed by atoms with Crippen LogP contribution in [0.2, 0.25) is 5.02 Å². The summed E-state index contributed by atoms with van der Waals surface area (Å²) in [6.07, 6.45) is -0.916. The van der Waals surface area contributed by atoms with Crippen LogP contribution in [0.3, 0.4) is 0 Å². The largest absolute Gasteiger partial charge is 0.387 e. The number of halogens is 2. The van der Waals surface area contributed by atoms with Crippen molar-refractivity contribution >= 4 is 23.3 Å². The van der Waals surface area contributed by atoms with Gasteiger partial charge in [0.05, 0.1) is 6.10 Å². The molecular weight excluding hydrogens is 333 g/mol. The predicted molar refractivity (Wildman–Crippen MR) is 89.4 cm³/mol. The summed E-state index contributed by atoms with van der Waals surface area (Å²) in [7, 11) is 0. The van der Waals surface area contributed by atoms with Gasteiger partial charge in [-0.2, -0.15) is 0 Å². The maximum atomic E-state index is 12.8. The third-order valence-corrected chi connectivity index (χ3v) is 3.85. The second kappa shape index (κ2) is 8.57. The van der Waals surface area contributed by atoms with Crippen LogP contribution in [0.15, 0.2) is 48.5 Å². The van der Waals surface area contributed by atoms with Crippen LogP contribution in [-0.4, -0.2) is 23.3 Å². The van der Waals surface area contributed by atoms with E-state index in [-0.39, 0.29) is 31.1 Å². The molecule has 0 fully saturated rings. The Hall–Kier alpha value is -2.24. The monoisotopic (exact) mass is 349 g/mol. The molecule has 0 aliphatic carbocycles. The van der Waals surface area contributed by atoms with Crippen molar-refractivity contribution in [2.45, 2.75) is 18.9 Å². The lowest BCUT2D eigenvalue weighted by atomic mass is 10.1. The number of carbonyl (C=O) groups is 2. The number of amides is 1. The fourth-order valence-electron chi connectivity index (χ4n) is 2.16. The van der Waals surface area contributed by atoms with Crippen molar-refractivity contribution in [1.82, 2.24) is 5.32 Å². The molecular formula is C18H17ClFNO3. The molecule has 2 aromatic carbocycles. The zero-order chi connectivity index (χ0) is 17.5. The molecule has 0 saturated carbocycles. The van der Waals surface area contributed by atoms with Gasteiger partial charge in [0.15, 0.2) is 5.78 Å². The second-order valence-electron chi connectivity index (χ2n) is 5.27. The fourth-order valence-corrected chi connectivity index (χ4v) is 2.42. The molecule has 1 unspecified atom stereocenters. The van der Waals surface area contributed by atoms with E-state index in [0.717, 1.165) is 0 Å². The summed E-state index contributed by atoms with van der Waals surface area (Å²) in [6, 6.07) is 12.0. The zero-order valence-electron chi connectivity index (χ0n) is 12.8. The summed E-state index contributed by atoms with van der Waals surface area (Å²) >= 11 is 5.97. The molecule has 0 bridgehead atoms. The van der Waals surface area contributed by atoms with E-state index in [2.05, 4.69) is 5.32 Å². The number of nitrogens with one attached hydrogen (secondary N) is 1. The molecule has 126 valence electrons. The minimum atomic E-state index is -0.921. The first kappa shape index (κ1) is 18.1. The predicted octanol–water partition coefficient (Wildman–Crippen LogP) is 3.29. The van der Waals surface area contributed by atoms with E-state index in [9.17, 15) is 19.1 Å². The van der Waals surface area contributed by atoms with Gasteiger partial charge >= 0.3 is 0 Å². The quantitative estimate of drug-likeness (QED) is 0.754. The molecule has 6 heteroatoms. The van der Waals surface area contributed by atoms with E-state index in [1.807, 2.05) is 0 Å². The van der Waals surface area contributed by atoms with E-state index in [1.165, 1.54) is 24.3 Å². The van der Waals surface area contributed by atoms with Crippen LogP contribution in [0.1, 0.15) is 34.9 Å². The van der Waals surface area contributed by atoms with Gasteiger partial charge in [0, 0.05) is 35.5 Å². The van der Waals surface area contributed by atoms with Crippen LogP contribution >= 0.6 is 11.6 Å². The first-order chi connectivity index (χ1) is 11.5. The number of benzene rings is 2. The maximum Gasteiger partial charge on any atom is 0.220 e. The van der Waals surface area contributed by atoms with Crippen LogP contribution in [0.4, 0.5) is 4.39 Å². The van der Waals surface area contributed by atoms with Crippen LogP contribution in [0.5, 0.6) is 0 Å². The van der Waals surface area contributed by atoms with Gasteiger partial charge in [-0.05, 0) is 30.3 Å². The highest BCUT2D eigenvalue weighted by atomic mass is 35.5. The Morgan fingerprint density at radius 3 is 2.42 bits per heavy atom. The van der Waals surface area contributed by atoms with Gasteiger partial charge in [-0.25, -0.2) is 4.39 Å². The normalized spacial score (nSPS) is 11.8. The van der Waals surface area contributed by atoms with Gasteiger partial charge in [0.25, 0.3) is 0 Å². The van der Waals surface area contributed by atoms with Crippen LogP contribution < -0.4 is 5.32 Å². The maximum absolute atomic E-state index is 12.8. The molecule has 0 aromatic heterocycles. The lowest BCUT2D eigenvalue weighted by Crippen LogP contribution is -2.28. The molecule has 0 aliphatic heterocycles. The average molecular weight is 350 g/mol. The number of Topliss-reactive ketones (excluding diaryl/α,β-unsaturated/α-hetero) is 1. The number of ketones is 1. The SMILES string of the molecule is O=C(CCC(=O)c1ccc(F)cc1)NCC(O)c1ccccc1Cl. The Labute approximate surface area is 144 Å². The molecule has 2 aromatic rings. The molecule has 1 amide bonds. The Bertz CT molecular complexity index is 718. The van der Waals surface area contributed by atoms with E-state index in [1.54, 1.807) is 24.3 Å². The third kappa shape index (κ3) is 5.15. The van der Waals surface area contributed by atoms with Crippen molar-refractivity contribution in [3.63, 3.8) is 0 Å². The molecule has 24 heavy (non-hydrogen) atoms. The summed E-state index contributed by atoms with van der Waals surface area (Å²) in [6.45, 7) is 0.00725. The van der Waals surface area contributed by atoms with Gasteiger partial charge < -0.3 is 10.4 Å². The molecule has 2 N–H and O–H groups in total. The Morgan fingerprint density at radius 2 is 1.75 bits per heavy atom.